The van der Waals surface area contributed by atoms with Crippen LogP contribution in [0.3, 0.4) is 0 Å². The first kappa shape index (κ1) is 23.1. The summed E-state index contributed by atoms with van der Waals surface area (Å²) >= 11 is 0. The van der Waals surface area contributed by atoms with Crippen molar-refractivity contribution < 1.29 is 22.3 Å². The number of amides is 1. The van der Waals surface area contributed by atoms with Crippen LogP contribution >= 0.6 is 12.4 Å². The van der Waals surface area contributed by atoms with E-state index >= 15 is 0 Å². The van der Waals surface area contributed by atoms with Crippen molar-refractivity contribution >= 4 is 28.2 Å². The van der Waals surface area contributed by atoms with E-state index in [1.54, 1.807) is 12.1 Å². The van der Waals surface area contributed by atoms with Gasteiger partial charge in [-0.25, -0.2) is 12.8 Å². The summed E-state index contributed by atoms with van der Waals surface area (Å²) in [6.45, 7) is 2.41. The number of nitrogens with one attached hydrogen (secondary N) is 2. The van der Waals surface area contributed by atoms with Crippen LogP contribution in [0.4, 0.5) is 4.39 Å². The maximum absolute atomic E-state index is 13.4. The van der Waals surface area contributed by atoms with Crippen LogP contribution in [-0.2, 0) is 24.8 Å². The van der Waals surface area contributed by atoms with Gasteiger partial charge in [0.05, 0.1) is 0 Å². The molecule has 1 amide bonds. The van der Waals surface area contributed by atoms with Crippen molar-refractivity contribution in [2.75, 3.05) is 39.1 Å². The summed E-state index contributed by atoms with van der Waals surface area (Å²) in [4.78, 5) is 13.0. The monoisotopic (exact) mass is 434 g/mol. The predicted molar refractivity (Wildman–Crippen MR) is 108 cm³/mol. The molecule has 3 rings (SSSR count). The van der Waals surface area contributed by atoms with E-state index in [0.29, 0.717) is 45.7 Å². The van der Waals surface area contributed by atoms with Gasteiger partial charge in [0.25, 0.3) is 0 Å². The topological polar surface area (TPSA) is 84.5 Å². The molecule has 0 aromatic heterocycles. The van der Waals surface area contributed by atoms with E-state index < -0.39 is 20.5 Å². The number of carbonyl (C=O) groups excluding carboxylic acids is 1. The van der Waals surface area contributed by atoms with E-state index in [-0.39, 0.29) is 36.5 Å². The molecule has 0 spiro atoms. The lowest BCUT2D eigenvalue weighted by atomic mass is 9.74. The van der Waals surface area contributed by atoms with Gasteiger partial charge in [0, 0.05) is 31.4 Å². The lowest BCUT2D eigenvalue weighted by molar-refractivity contribution is -0.124. The van der Waals surface area contributed by atoms with Gasteiger partial charge in [-0.2, -0.15) is 0 Å². The minimum atomic E-state index is -3.56. The van der Waals surface area contributed by atoms with Gasteiger partial charge in [0.1, 0.15) is 5.82 Å². The molecule has 2 aliphatic rings. The van der Waals surface area contributed by atoms with Crippen molar-refractivity contribution in [2.45, 2.75) is 35.8 Å². The normalized spacial score (nSPS) is 21.4. The Morgan fingerprint density at radius 1 is 1.14 bits per heavy atom. The number of rotatable bonds is 5. The van der Waals surface area contributed by atoms with E-state index in [4.69, 9.17) is 4.74 Å². The van der Waals surface area contributed by atoms with Crippen molar-refractivity contribution in [3.05, 3.63) is 35.6 Å². The second-order valence-corrected chi connectivity index (χ2v) is 9.92. The first-order chi connectivity index (χ1) is 12.8. The predicted octanol–water partition coefficient (Wildman–Crippen LogP) is 1.58. The summed E-state index contributed by atoms with van der Waals surface area (Å²) in [6.07, 6.45) is 3.05. The Kier molecular flexibility index (Phi) is 7.47. The summed E-state index contributed by atoms with van der Waals surface area (Å²) < 4.78 is 42.3. The second-order valence-electron chi connectivity index (χ2n) is 7.60. The standard InChI is InChI=1S/C19H27FN2O4S.ClH/c1-27(24,25)19(6-10-21-11-7-19)17(23)22-14-18(8-12-26-13-9-18)15-2-4-16(20)5-3-15;/h2-5,21H,6-14H2,1H3,(H,22,23);1H. The first-order valence-corrected chi connectivity index (χ1v) is 11.2. The Morgan fingerprint density at radius 2 is 1.71 bits per heavy atom. The van der Waals surface area contributed by atoms with E-state index in [9.17, 15) is 17.6 Å². The molecule has 0 aliphatic carbocycles. The fourth-order valence-electron chi connectivity index (χ4n) is 4.14. The lowest BCUT2D eigenvalue weighted by Crippen LogP contribution is -2.59. The molecule has 0 saturated carbocycles. The molecule has 0 unspecified atom stereocenters. The van der Waals surface area contributed by atoms with Crippen LogP contribution in [0.5, 0.6) is 0 Å². The third kappa shape index (κ3) is 4.50. The van der Waals surface area contributed by atoms with E-state index in [1.165, 1.54) is 12.1 Å². The van der Waals surface area contributed by atoms with Crippen LogP contribution in [0, 0.1) is 5.82 Å². The lowest BCUT2D eigenvalue weighted by Gasteiger charge is -2.40. The maximum atomic E-state index is 13.4. The Bertz CT molecular complexity index is 774. The fraction of sp³-hybridized carbons (Fsp3) is 0.632. The summed E-state index contributed by atoms with van der Waals surface area (Å²) in [5.41, 5.74) is 0.555. The van der Waals surface area contributed by atoms with Crippen molar-refractivity contribution in [3.63, 3.8) is 0 Å². The largest absolute Gasteiger partial charge is 0.381 e. The third-order valence-electron chi connectivity index (χ3n) is 6.03. The summed E-state index contributed by atoms with van der Waals surface area (Å²) in [5.74, 6) is -0.741. The summed E-state index contributed by atoms with van der Waals surface area (Å²) in [7, 11) is -3.56. The molecule has 28 heavy (non-hydrogen) atoms. The van der Waals surface area contributed by atoms with E-state index in [1.807, 2.05) is 0 Å². The van der Waals surface area contributed by atoms with Gasteiger partial charge in [-0.05, 0) is 56.5 Å². The Labute approximate surface area is 171 Å². The number of carbonyl (C=O) groups is 1. The van der Waals surface area contributed by atoms with Gasteiger partial charge in [0.2, 0.25) is 5.91 Å². The van der Waals surface area contributed by atoms with Crippen LogP contribution < -0.4 is 10.6 Å². The molecule has 1 aromatic carbocycles. The van der Waals surface area contributed by atoms with Gasteiger partial charge in [-0.1, -0.05) is 12.1 Å². The van der Waals surface area contributed by atoms with E-state index in [0.717, 1.165) is 11.8 Å². The Morgan fingerprint density at radius 3 is 2.25 bits per heavy atom. The van der Waals surface area contributed by atoms with Crippen molar-refractivity contribution in [1.29, 1.82) is 0 Å². The smallest absolute Gasteiger partial charge is 0.241 e. The average Bonchev–Trinajstić information content (AvgIpc) is 2.67. The maximum Gasteiger partial charge on any atom is 0.241 e. The number of piperidine rings is 1. The molecule has 2 saturated heterocycles. The SMILES string of the molecule is CS(=O)(=O)C1(C(=O)NCC2(c3ccc(F)cc3)CCOCC2)CCNCC1.Cl. The second kappa shape index (κ2) is 9.07. The first-order valence-electron chi connectivity index (χ1n) is 9.32. The summed E-state index contributed by atoms with van der Waals surface area (Å²) in [5, 5.41) is 6.04. The molecule has 2 heterocycles. The number of hydrogen-bond donors (Lipinski definition) is 2. The van der Waals surface area contributed by atoms with Crippen LogP contribution in [0.1, 0.15) is 31.2 Å². The van der Waals surface area contributed by atoms with Crippen molar-refractivity contribution in [2.24, 2.45) is 0 Å². The molecule has 0 bridgehead atoms. The quantitative estimate of drug-likeness (QED) is 0.735. The molecule has 2 fully saturated rings. The van der Waals surface area contributed by atoms with Gasteiger partial charge in [-0.15, -0.1) is 12.4 Å². The number of ether oxygens (including phenoxy) is 1. The third-order valence-corrected chi connectivity index (χ3v) is 8.04. The van der Waals surface area contributed by atoms with Crippen LogP contribution in [0.2, 0.25) is 0 Å². The molecule has 2 aliphatic heterocycles. The van der Waals surface area contributed by atoms with Crippen LogP contribution in [0.25, 0.3) is 0 Å². The molecule has 2 N–H and O–H groups in total. The molecule has 9 heteroatoms. The zero-order valence-corrected chi connectivity index (χ0v) is 17.6. The molecule has 0 radical (unpaired) electrons. The number of benzene rings is 1. The van der Waals surface area contributed by atoms with Crippen molar-refractivity contribution in [1.82, 2.24) is 10.6 Å². The number of hydrogen-bond acceptors (Lipinski definition) is 5. The number of halogens is 2. The minimum Gasteiger partial charge on any atom is -0.381 e. The average molecular weight is 435 g/mol. The zero-order chi connectivity index (χ0) is 19.5. The van der Waals surface area contributed by atoms with Gasteiger partial charge in [-0.3, -0.25) is 4.79 Å². The molecular formula is C19H28ClFN2O4S. The van der Waals surface area contributed by atoms with E-state index in [2.05, 4.69) is 10.6 Å². The highest BCUT2D eigenvalue weighted by atomic mass is 35.5. The Balaban J connectivity index is 0.00000280. The van der Waals surface area contributed by atoms with Gasteiger partial charge >= 0.3 is 0 Å². The molecule has 6 nitrogen and oxygen atoms in total. The summed E-state index contributed by atoms with van der Waals surface area (Å²) in [6, 6.07) is 6.31. The fourth-order valence-corrected chi connectivity index (χ4v) is 5.50. The highest BCUT2D eigenvalue weighted by molar-refractivity contribution is 7.92. The highest BCUT2D eigenvalue weighted by Crippen LogP contribution is 2.35. The Hall–Kier alpha value is -1.22. The molecule has 158 valence electrons. The van der Waals surface area contributed by atoms with Gasteiger partial charge in [0.15, 0.2) is 14.6 Å². The zero-order valence-electron chi connectivity index (χ0n) is 16.0. The number of sulfone groups is 1. The van der Waals surface area contributed by atoms with Gasteiger partial charge < -0.3 is 15.4 Å². The van der Waals surface area contributed by atoms with Crippen molar-refractivity contribution in [3.8, 4) is 0 Å². The van der Waals surface area contributed by atoms with Crippen LogP contribution in [0.15, 0.2) is 24.3 Å². The molecule has 1 aromatic rings. The molecule has 0 atom stereocenters. The highest BCUT2D eigenvalue weighted by Gasteiger charge is 2.49. The molecular weight excluding hydrogens is 407 g/mol. The van der Waals surface area contributed by atoms with Crippen LogP contribution in [-0.4, -0.2) is 58.2 Å². The minimum absolute atomic E-state index is 0.